The van der Waals surface area contributed by atoms with E-state index in [0.717, 1.165) is 5.56 Å². The molecule has 0 unspecified atom stereocenters. The normalized spacial score (nSPS) is 12.9. The molecule has 0 fully saturated rings. The second kappa shape index (κ2) is 7.88. The third kappa shape index (κ3) is 3.77. The largest absolute Gasteiger partial charge is 0.402 e. The van der Waals surface area contributed by atoms with E-state index in [-0.39, 0.29) is 35.1 Å². The van der Waals surface area contributed by atoms with Crippen LogP contribution in [0.5, 0.6) is 0 Å². The summed E-state index contributed by atoms with van der Waals surface area (Å²) in [4.78, 5) is 22.6. The number of thiophene rings is 1. The van der Waals surface area contributed by atoms with E-state index in [4.69, 9.17) is 17.2 Å². The molecule has 9 heteroatoms. The third-order valence-electron chi connectivity index (χ3n) is 4.32. The summed E-state index contributed by atoms with van der Waals surface area (Å²) in [5.41, 5.74) is 19.0. The van der Waals surface area contributed by atoms with Crippen molar-refractivity contribution in [3.05, 3.63) is 80.8 Å². The number of nitrogens with zero attached hydrogens (tertiary/aromatic N) is 3. The Balaban J connectivity index is 2.23. The molecular weight excluding hydrogens is 391 g/mol. The van der Waals surface area contributed by atoms with Gasteiger partial charge in [0.05, 0.1) is 23.2 Å². The van der Waals surface area contributed by atoms with E-state index >= 15 is 0 Å². The molecule has 0 aliphatic carbocycles. The smallest absolute Gasteiger partial charge is 0.267 e. The van der Waals surface area contributed by atoms with Crippen molar-refractivity contribution in [2.24, 2.45) is 22.2 Å². The van der Waals surface area contributed by atoms with Gasteiger partial charge in [0.15, 0.2) is 0 Å². The molecule has 0 bridgehead atoms. The lowest BCUT2D eigenvalue weighted by atomic mass is 10.1. The Kier molecular flexibility index (Phi) is 5.51. The molecule has 0 spiro atoms. The van der Waals surface area contributed by atoms with E-state index in [1.165, 1.54) is 28.0 Å². The number of aliphatic imine (C=N–C) groups is 1. The number of amidine groups is 1. The van der Waals surface area contributed by atoms with Crippen LogP contribution in [-0.2, 0) is 6.54 Å². The molecular formula is C20H21FN6OS. The van der Waals surface area contributed by atoms with E-state index in [0.29, 0.717) is 21.5 Å². The van der Waals surface area contributed by atoms with Gasteiger partial charge in [0.25, 0.3) is 5.56 Å². The summed E-state index contributed by atoms with van der Waals surface area (Å²) in [6.07, 6.45) is 0. The van der Waals surface area contributed by atoms with Gasteiger partial charge >= 0.3 is 0 Å². The Morgan fingerprint density at radius 2 is 2.00 bits per heavy atom. The highest BCUT2D eigenvalue weighted by molar-refractivity contribution is 7.16. The number of benzene rings is 1. The molecule has 0 saturated carbocycles. The summed E-state index contributed by atoms with van der Waals surface area (Å²) in [6, 6.07) is 5.99. The Morgan fingerprint density at radius 1 is 1.31 bits per heavy atom. The lowest BCUT2D eigenvalue weighted by molar-refractivity contribution is 0.611. The zero-order chi connectivity index (χ0) is 21.3. The van der Waals surface area contributed by atoms with Gasteiger partial charge in [0.1, 0.15) is 22.3 Å². The number of aryl methyl sites for hydroxylation is 1. The van der Waals surface area contributed by atoms with Gasteiger partial charge in [0.2, 0.25) is 0 Å². The molecule has 0 radical (unpaired) electrons. The summed E-state index contributed by atoms with van der Waals surface area (Å²) in [5, 5.41) is 2.29. The minimum absolute atomic E-state index is 0.0642. The van der Waals surface area contributed by atoms with Crippen LogP contribution in [0.2, 0.25) is 0 Å². The molecule has 0 saturated heterocycles. The van der Waals surface area contributed by atoms with Crippen LogP contribution in [0.25, 0.3) is 15.9 Å². The van der Waals surface area contributed by atoms with Crippen LogP contribution in [0.4, 0.5) is 4.39 Å². The van der Waals surface area contributed by atoms with Crippen molar-refractivity contribution in [2.75, 3.05) is 0 Å². The maximum Gasteiger partial charge on any atom is 0.267 e. The Hall–Kier alpha value is -3.46. The fourth-order valence-corrected chi connectivity index (χ4v) is 3.94. The van der Waals surface area contributed by atoms with Crippen LogP contribution < -0.4 is 22.8 Å². The summed E-state index contributed by atoms with van der Waals surface area (Å²) in [5.74, 6) is -0.237. The van der Waals surface area contributed by atoms with Crippen molar-refractivity contribution in [2.45, 2.75) is 20.4 Å². The number of allylic oxidation sites excluding steroid dienone is 1. The number of nitrogens with two attached hydrogens (primary N) is 3. The number of hydrogen-bond donors (Lipinski definition) is 3. The predicted molar refractivity (Wildman–Crippen MR) is 115 cm³/mol. The van der Waals surface area contributed by atoms with E-state index < -0.39 is 5.82 Å². The zero-order valence-electron chi connectivity index (χ0n) is 16.1. The van der Waals surface area contributed by atoms with Crippen LogP contribution >= 0.6 is 11.3 Å². The van der Waals surface area contributed by atoms with Crippen molar-refractivity contribution in [1.29, 1.82) is 0 Å². The standard InChI is InChI=1S/C20H21FN6OS/c1-10-9-29-19-16(10)20(28)27(14-7-5-4-6-13(14)21)15(26-19)8-25-18(24)17(11(2)22)12(3)23/h4-7,9H,2,8,22-23H2,1,3H3,(H2,24,25). The first-order valence-corrected chi connectivity index (χ1v) is 9.56. The summed E-state index contributed by atoms with van der Waals surface area (Å²) in [6.45, 7) is 7.02. The molecule has 3 rings (SSSR count). The molecule has 2 aromatic heterocycles. The minimum atomic E-state index is -0.546. The lowest BCUT2D eigenvalue weighted by Gasteiger charge is -2.13. The number of fused-ring (bicyclic) bond motifs is 1. The van der Waals surface area contributed by atoms with Crippen LogP contribution in [0.1, 0.15) is 18.3 Å². The topological polar surface area (TPSA) is 125 Å². The molecule has 150 valence electrons. The van der Waals surface area contributed by atoms with E-state index in [1.54, 1.807) is 19.1 Å². The highest BCUT2D eigenvalue weighted by atomic mass is 32.1. The van der Waals surface area contributed by atoms with Crippen molar-refractivity contribution >= 4 is 27.4 Å². The summed E-state index contributed by atoms with van der Waals surface area (Å²) in [7, 11) is 0. The zero-order valence-corrected chi connectivity index (χ0v) is 16.9. The summed E-state index contributed by atoms with van der Waals surface area (Å²) < 4.78 is 15.7. The van der Waals surface area contributed by atoms with E-state index in [1.807, 2.05) is 12.3 Å². The highest BCUT2D eigenvalue weighted by Gasteiger charge is 2.18. The fourth-order valence-electron chi connectivity index (χ4n) is 3.01. The third-order valence-corrected chi connectivity index (χ3v) is 5.31. The molecule has 0 atom stereocenters. The van der Waals surface area contributed by atoms with Crippen molar-refractivity contribution < 1.29 is 4.39 Å². The Bertz CT molecular complexity index is 1230. The van der Waals surface area contributed by atoms with Gasteiger partial charge in [-0.15, -0.1) is 11.3 Å². The SMILES string of the molecule is C=C(N)C(C(N)=NCc1nc2scc(C)c2c(=O)n1-c1ccccc1F)=C(C)N. The van der Waals surface area contributed by atoms with Crippen molar-refractivity contribution in [3.8, 4) is 5.69 Å². The van der Waals surface area contributed by atoms with Gasteiger partial charge in [-0.05, 0) is 36.9 Å². The fraction of sp³-hybridized carbons (Fsp3) is 0.150. The van der Waals surface area contributed by atoms with Crippen molar-refractivity contribution in [1.82, 2.24) is 9.55 Å². The molecule has 0 aliphatic heterocycles. The predicted octanol–water partition coefficient (Wildman–Crippen LogP) is 2.46. The maximum absolute atomic E-state index is 14.5. The van der Waals surface area contributed by atoms with Gasteiger partial charge in [-0.1, -0.05) is 18.7 Å². The molecule has 6 N–H and O–H groups in total. The van der Waals surface area contributed by atoms with E-state index in [2.05, 4.69) is 16.6 Å². The van der Waals surface area contributed by atoms with Crippen LogP contribution in [-0.4, -0.2) is 15.4 Å². The van der Waals surface area contributed by atoms with Crippen LogP contribution in [0, 0.1) is 12.7 Å². The number of aromatic nitrogens is 2. The molecule has 29 heavy (non-hydrogen) atoms. The lowest BCUT2D eigenvalue weighted by Crippen LogP contribution is -2.26. The van der Waals surface area contributed by atoms with Gasteiger partial charge in [-0.25, -0.2) is 9.37 Å². The van der Waals surface area contributed by atoms with Gasteiger partial charge in [0, 0.05) is 11.4 Å². The van der Waals surface area contributed by atoms with Gasteiger partial charge in [-0.3, -0.25) is 14.4 Å². The first-order valence-electron chi connectivity index (χ1n) is 8.68. The first kappa shape index (κ1) is 20.3. The van der Waals surface area contributed by atoms with Gasteiger partial charge in [-0.2, -0.15) is 0 Å². The molecule has 1 aromatic carbocycles. The average Bonchev–Trinajstić information content (AvgIpc) is 3.01. The van der Waals surface area contributed by atoms with Crippen LogP contribution in [0.15, 0.2) is 63.0 Å². The van der Waals surface area contributed by atoms with Crippen molar-refractivity contribution in [3.63, 3.8) is 0 Å². The monoisotopic (exact) mass is 412 g/mol. The Morgan fingerprint density at radius 3 is 2.62 bits per heavy atom. The Labute approximate surface area is 170 Å². The minimum Gasteiger partial charge on any atom is -0.402 e. The molecule has 7 nitrogen and oxygen atoms in total. The van der Waals surface area contributed by atoms with E-state index in [9.17, 15) is 9.18 Å². The number of halogens is 1. The quantitative estimate of drug-likeness (QED) is 0.337. The van der Waals surface area contributed by atoms with Crippen LogP contribution in [0.3, 0.4) is 0 Å². The highest BCUT2D eigenvalue weighted by Crippen LogP contribution is 2.23. The second-order valence-electron chi connectivity index (χ2n) is 6.50. The maximum atomic E-state index is 14.5. The second-order valence-corrected chi connectivity index (χ2v) is 7.36. The molecule has 3 aromatic rings. The molecule has 2 heterocycles. The first-order chi connectivity index (χ1) is 13.7. The number of para-hydroxylation sites is 1. The molecule has 0 aliphatic rings. The number of rotatable bonds is 5. The molecule has 0 amide bonds. The number of hydrogen-bond acceptors (Lipinski definition) is 6. The van der Waals surface area contributed by atoms with Gasteiger partial charge < -0.3 is 17.2 Å². The average molecular weight is 412 g/mol. The summed E-state index contributed by atoms with van der Waals surface area (Å²) >= 11 is 1.34.